The van der Waals surface area contributed by atoms with Gasteiger partial charge in [0.2, 0.25) is 0 Å². The van der Waals surface area contributed by atoms with Gasteiger partial charge in [-0.3, -0.25) is 10.1 Å². The van der Waals surface area contributed by atoms with Crippen molar-refractivity contribution in [3.63, 3.8) is 0 Å². The number of nitrogens with two attached hydrogens (primary N) is 1. The minimum Gasteiger partial charge on any atom is -0.382 e. The number of hydrogen-bond acceptors (Lipinski definition) is 4. The molecule has 0 fully saturated rings. The van der Waals surface area contributed by atoms with E-state index in [1.165, 1.54) is 6.07 Å². The van der Waals surface area contributed by atoms with Crippen LogP contribution in [0.3, 0.4) is 0 Å². The molecule has 0 saturated heterocycles. The molecular weight excluding hydrogens is 208 g/mol. The third-order valence-corrected chi connectivity index (χ3v) is 2.25. The number of nitro groups is 1. The molecule has 82 valence electrons. The molecule has 0 spiro atoms. The van der Waals surface area contributed by atoms with Crippen LogP contribution in [0.15, 0.2) is 30.5 Å². The number of nitro benzene ring substituents is 1. The highest BCUT2D eigenvalue weighted by Crippen LogP contribution is 2.20. The van der Waals surface area contributed by atoms with E-state index in [2.05, 4.69) is 5.10 Å². The van der Waals surface area contributed by atoms with Gasteiger partial charge in [0.1, 0.15) is 5.82 Å². The monoisotopic (exact) mass is 218 g/mol. The smallest absolute Gasteiger partial charge is 0.272 e. The van der Waals surface area contributed by atoms with E-state index in [-0.39, 0.29) is 5.69 Å². The van der Waals surface area contributed by atoms with Crippen LogP contribution in [0.2, 0.25) is 0 Å². The summed E-state index contributed by atoms with van der Waals surface area (Å²) in [6.45, 7) is 1.69. The van der Waals surface area contributed by atoms with Crippen LogP contribution in [-0.4, -0.2) is 14.7 Å². The van der Waals surface area contributed by atoms with Crippen molar-refractivity contribution >= 4 is 11.5 Å². The molecule has 16 heavy (non-hydrogen) atoms. The molecule has 2 N–H and O–H groups in total. The lowest BCUT2D eigenvalue weighted by Crippen LogP contribution is -1.98. The normalized spacial score (nSPS) is 10.3. The fraction of sp³-hybridized carbons (Fsp3) is 0.100. The maximum atomic E-state index is 10.6. The number of aromatic nitrogens is 2. The van der Waals surface area contributed by atoms with Crippen molar-refractivity contribution in [3.05, 3.63) is 46.1 Å². The molecule has 1 aromatic heterocycles. The summed E-state index contributed by atoms with van der Waals surface area (Å²) in [5, 5.41) is 14.7. The second kappa shape index (κ2) is 3.65. The molecule has 1 heterocycles. The largest absolute Gasteiger partial charge is 0.382 e. The third-order valence-electron chi connectivity index (χ3n) is 2.25. The number of aryl methyl sites for hydroxylation is 1. The Morgan fingerprint density at radius 3 is 2.69 bits per heavy atom. The summed E-state index contributed by atoms with van der Waals surface area (Å²) >= 11 is 0. The Kier molecular flexibility index (Phi) is 2.32. The Morgan fingerprint density at radius 1 is 1.44 bits per heavy atom. The molecule has 0 amide bonds. The van der Waals surface area contributed by atoms with Crippen molar-refractivity contribution in [1.29, 1.82) is 0 Å². The number of benzene rings is 1. The lowest BCUT2D eigenvalue weighted by Gasteiger charge is -2.02. The second-order valence-electron chi connectivity index (χ2n) is 3.41. The summed E-state index contributed by atoms with van der Waals surface area (Å²) in [4.78, 5) is 10.2. The topological polar surface area (TPSA) is 87.0 Å². The van der Waals surface area contributed by atoms with Crippen molar-refractivity contribution < 1.29 is 4.92 Å². The van der Waals surface area contributed by atoms with Crippen LogP contribution in [0.4, 0.5) is 11.5 Å². The average Bonchev–Trinajstić information content (AvgIpc) is 2.64. The molecule has 0 saturated carbocycles. The zero-order valence-corrected chi connectivity index (χ0v) is 8.62. The summed E-state index contributed by atoms with van der Waals surface area (Å²) < 4.78 is 1.58. The van der Waals surface area contributed by atoms with Crippen molar-refractivity contribution in [1.82, 2.24) is 9.78 Å². The first-order chi connectivity index (χ1) is 7.58. The highest BCUT2D eigenvalue weighted by Gasteiger charge is 2.10. The van der Waals surface area contributed by atoms with E-state index < -0.39 is 4.92 Å². The SMILES string of the molecule is Cc1cc(-n2ccc(N)n2)ccc1[N+](=O)[O-]. The van der Waals surface area contributed by atoms with Gasteiger partial charge in [-0.25, -0.2) is 4.68 Å². The van der Waals surface area contributed by atoms with Gasteiger partial charge >= 0.3 is 0 Å². The summed E-state index contributed by atoms with van der Waals surface area (Å²) in [6, 6.07) is 6.46. The van der Waals surface area contributed by atoms with Gasteiger partial charge in [-0.1, -0.05) is 0 Å². The predicted molar refractivity (Wildman–Crippen MR) is 59.4 cm³/mol. The molecule has 1 aromatic carbocycles. The van der Waals surface area contributed by atoms with Crippen LogP contribution in [0.1, 0.15) is 5.56 Å². The number of anilines is 1. The Labute approximate surface area is 91.5 Å². The minimum atomic E-state index is -0.406. The van der Waals surface area contributed by atoms with E-state index in [4.69, 9.17) is 5.73 Å². The van der Waals surface area contributed by atoms with Gasteiger partial charge in [-0.15, -0.1) is 0 Å². The Bertz CT molecular complexity index is 548. The van der Waals surface area contributed by atoms with E-state index in [0.29, 0.717) is 11.4 Å². The molecule has 0 unspecified atom stereocenters. The van der Waals surface area contributed by atoms with Gasteiger partial charge in [-0.05, 0) is 19.1 Å². The average molecular weight is 218 g/mol. The van der Waals surface area contributed by atoms with Crippen molar-refractivity contribution in [2.75, 3.05) is 5.73 Å². The summed E-state index contributed by atoms with van der Waals surface area (Å²) in [7, 11) is 0. The first kappa shape index (κ1) is 10.2. The molecule has 0 atom stereocenters. The summed E-state index contributed by atoms with van der Waals surface area (Å²) in [6.07, 6.45) is 1.70. The Hall–Kier alpha value is -2.37. The van der Waals surface area contributed by atoms with Gasteiger partial charge in [0, 0.05) is 23.9 Å². The molecule has 0 radical (unpaired) electrons. The summed E-state index contributed by atoms with van der Waals surface area (Å²) in [5.41, 5.74) is 6.94. The predicted octanol–water partition coefficient (Wildman–Crippen LogP) is 1.67. The maximum absolute atomic E-state index is 10.6. The van der Waals surface area contributed by atoms with E-state index in [9.17, 15) is 10.1 Å². The summed E-state index contributed by atoms with van der Waals surface area (Å²) in [5.74, 6) is 0.413. The molecule has 0 bridgehead atoms. The van der Waals surface area contributed by atoms with E-state index >= 15 is 0 Å². The van der Waals surface area contributed by atoms with Crippen LogP contribution in [0.5, 0.6) is 0 Å². The molecular formula is C10H10N4O2. The number of rotatable bonds is 2. The Balaban J connectivity index is 2.45. The quantitative estimate of drug-likeness (QED) is 0.613. The minimum absolute atomic E-state index is 0.101. The maximum Gasteiger partial charge on any atom is 0.272 e. The molecule has 2 aromatic rings. The molecule has 6 heteroatoms. The fourth-order valence-corrected chi connectivity index (χ4v) is 1.47. The fourth-order valence-electron chi connectivity index (χ4n) is 1.47. The number of hydrogen-bond donors (Lipinski definition) is 1. The second-order valence-corrected chi connectivity index (χ2v) is 3.41. The third kappa shape index (κ3) is 1.72. The lowest BCUT2D eigenvalue weighted by atomic mass is 10.2. The van der Waals surface area contributed by atoms with Crippen LogP contribution >= 0.6 is 0 Å². The number of nitrogens with zero attached hydrogens (tertiary/aromatic N) is 3. The lowest BCUT2D eigenvalue weighted by molar-refractivity contribution is -0.385. The van der Waals surface area contributed by atoms with Gasteiger partial charge in [0.15, 0.2) is 0 Å². The first-order valence-electron chi connectivity index (χ1n) is 4.64. The number of nitrogen functional groups attached to an aromatic ring is 1. The van der Waals surface area contributed by atoms with Crippen molar-refractivity contribution in [2.24, 2.45) is 0 Å². The highest BCUT2D eigenvalue weighted by molar-refractivity contribution is 5.47. The molecule has 0 aliphatic heterocycles. The van der Waals surface area contributed by atoms with Crippen molar-refractivity contribution in [3.8, 4) is 5.69 Å². The van der Waals surface area contributed by atoms with Crippen LogP contribution < -0.4 is 5.73 Å². The van der Waals surface area contributed by atoms with E-state index in [1.807, 2.05) is 0 Å². The van der Waals surface area contributed by atoms with Crippen LogP contribution in [-0.2, 0) is 0 Å². The van der Waals surface area contributed by atoms with E-state index in [1.54, 1.807) is 36.0 Å². The zero-order valence-electron chi connectivity index (χ0n) is 8.62. The van der Waals surface area contributed by atoms with Crippen molar-refractivity contribution in [2.45, 2.75) is 6.92 Å². The van der Waals surface area contributed by atoms with E-state index in [0.717, 1.165) is 5.69 Å². The van der Waals surface area contributed by atoms with Gasteiger partial charge in [0.05, 0.1) is 10.6 Å². The molecule has 0 aliphatic carbocycles. The standard InChI is InChI=1S/C10H10N4O2/c1-7-6-8(2-3-9(7)14(15)16)13-5-4-10(11)12-13/h2-6H,1H3,(H2,11,12). The van der Waals surface area contributed by atoms with Gasteiger partial charge < -0.3 is 5.73 Å². The molecule has 6 nitrogen and oxygen atoms in total. The highest BCUT2D eigenvalue weighted by atomic mass is 16.6. The zero-order chi connectivity index (χ0) is 11.7. The first-order valence-corrected chi connectivity index (χ1v) is 4.64. The van der Waals surface area contributed by atoms with Crippen LogP contribution in [0.25, 0.3) is 5.69 Å². The van der Waals surface area contributed by atoms with Crippen LogP contribution in [0, 0.1) is 17.0 Å². The molecule has 2 rings (SSSR count). The molecule has 0 aliphatic rings. The Morgan fingerprint density at radius 2 is 2.19 bits per heavy atom. The van der Waals surface area contributed by atoms with Gasteiger partial charge in [0.25, 0.3) is 5.69 Å². The van der Waals surface area contributed by atoms with Gasteiger partial charge in [-0.2, -0.15) is 5.10 Å².